The predicted octanol–water partition coefficient (Wildman–Crippen LogP) is 4.61. The summed E-state index contributed by atoms with van der Waals surface area (Å²) in [6.07, 6.45) is 5.33. The Morgan fingerprint density at radius 1 is 0.971 bits per heavy atom. The third-order valence-electron chi connectivity index (χ3n) is 7.96. The molecule has 2 aliphatic rings. The molecule has 0 spiro atoms. The van der Waals surface area contributed by atoms with Crippen molar-refractivity contribution in [3.63, 3.8) is 0 Å². The Kier molecular flexibility index (Phi) is 7.37. The van der Waals surface area contributed by atoms with Gasteiger partial charge in [-0.2, -0.15) is 0 Å². The van der Waals surface area contributed by atoms with Crippen molar-refractivity contribution in [1.82, 2.24) is 24.2 Å². The zero-order valence-electron chi connectivity index (χ0n) is 21.8. The number of aryl methyl sites for hydroxylation is 1. The molecular weight excluding hydrogens is 436 g/mol. The van der Waals surface area contributed by atoms with Crippen molar-refractivity contribution in [3.05, 3.63) is 59.2 Å². The van der Waals surface area contributed by atoms with Crippen LogP contribution in [0.1, 0.15) is 67.8 Å². The second-order valence-corrected chi connectivity index (χ2v) is 9.91. The maximum atomic E-state index is 6.04. The normalized spacial score (nSPS) is 22.2. The summed E-state index contributed by atoms with van der Waals surface area (Å²) in [4.78, 5) is 17.6. The topological polar surface area (TPSA) is 49.1 Å². The van der Waals surface area contributed by atoms with Gasteiger partial charge in [-0.05, 0) is 70.5 Å². The first-order valence-corrected chi connectivity index (χ1v) is 13.3. The van der Waals surface area contributed by atoms with E-state index in [-0.39, 0.29) is 6.04 Å². The third-order valence-corrected chi connectivity index (χ3v) is 7.96. The van der Waals surface area contributed by atoms with Crippen LogP contribution in [0.3, 0.4) is 0 Å². The van der Waals surface area contributed by atoms with Crippen LogP contribution in [0.4, 0.5) is 5.82 Å². The number of anilines is 1. The summed E-state index contributed by atoms with van der Waals surface area (Å²) in [7, 11) is 2.25. The van der Waals surface area contributed by atoms with Crippen LogP contribution >= 0.6 is 0 Å². The molecule has 0 amide bonds. The molecule has 7 nitrogen and oxygen atoms in total. The minimum atomic E-state index is 0.246. The number of piperazine rings is 1. The molecule has 5 heterocycles. The molecule has 0 N–H and O–H groups in total. The van der Waals surface area contributed by atoms with Crippen LogP contribution in [-0.2, 0) is 11.3 Å². The van der Waals surface area contributed by atoms with Gasteiger partial charge in [0.1, 0.15) is 11.5 Å². The monoisotopic (exact) mass is 476 g/mol. The highest BCUT2D eigenvalue weighted by Gasteiger charge is 2.35. The minimum absolute atomic E-state index is 0.246. The van der Waals surface area contributed by atoms with E-state index in [2.05, 4.69) is 71.2 Å². The van der Waals surface area contributed by atoms with Crippen molar-refractivity contribution in [2.24, 2.45) is 0 Å². The standard InChI is InChI=1S/C28H40N6O/c1-5-32-16-18-33(19-17-32)26-14-8-13-25-30-28(24(34(25)26)20-35-6-2)23-12-7-11-22(31(23)4)27-21(3)10-9-15-29-27/h8-10,13-15,22-23H,5-7,11-12,16-20H2,1-4H3/t22-,23?/m0/s1. The number of rotatable bonds is 7. The zero-order chi connectivity index (χ0) is 24.4. The van der Waals surface area contributed by atoms with E-state index in [1.54, 1.807) is 0 Å². The summed E-state index contributed by atoms with van der Waals surface area (Å²) >= 11 is 0. The molecule has 188 valence electrons. The number of aromatic nitrogens is 3. The average Bonchev–Trinajstić information content (AvgIpc) is 3.26. The van der Waals surface area contributed by atoms with Crippen molar-refractivity contribution in [2.45, 2.75) is 58.7 Å². The van der Waals surface area contributed by atoms with Gasteiger partial charge in [0.05, 0.1) is 35.8 Å². The van der Waals surface area contributed by atoms with Crippen LogP contribution in [0.2, 0.25) is 0 Å². The van der Waals surface area contributed by atoms with Crippen LogP contribution in [0.5, 0.6) is 0 Å². The van der Waals surface area contributed by atoms with Crippen molar-refractivity contribution >= 4 is 11.5 Å². The lowest BCUT2D eigenvalue weighted by molar-refractivity contribution is 0.101. The molecule has 0 aromatic carbocycles. The molecule has 35 heavy (non-hydrogen) atoms. The minimum Gasteiger partial charge on any atom is -0.375 e. The lowest BCUT2D eigenvalue weighted by Gasteiger charge is -2.39. The molecule has 1 unspecified atom stereocenters. The zero-order valence-corrected chi connectivity index (χ0v) is 21.8. The Hall–Kier alpha value is -2.48. The molecule has 0 radical (unpaired) electrons. The Bertz CT molecular complexity index is 1140. The van der Waals surface area contributed by atoms with E-state index in [9.17, 15) is 0 Å². The molecule has 2 saturated heterocycles. The largest absolute Gasteiger partial charge is 0.375 e. The fraction of sp³-hybridized carbons (Fsp3) is 0.571. The lowest BCUT2D eigenvalue weighted by atomic mass is 9.90. The number of likely N-dealkylation sites (N-methyl/N-ethyl adjacent to an activating group) is 1. The van der Waals surface area contributed by atoms with Gasteiger partial charge in [0.25, 0.3) is 0 Å². The van der Waals surface area contributed by atoms with Gasteiger partial charge in [0.15, 0.2) is 0 Å². The van der Waals surface area contributed by atoms with Gasteiger partial charge >= 0.3 is 0 Å². The number of ether oxygens (including phenoxy) is 1. The summed E-state index contributed by atoms with van der Waals surface area (Å²) in [6.45, 7) is 13.2. The quantitative estimate of drug-likeness (QED) is 0.496. The molecule has 2 fully saturated rings. The molecule has 5 rings (SSSR count). The number of imidazole rings is 1. The van der Waals surface area contributed by atoms with Gasteiger partial charge < -0.3 is 14.5 Å². The van der Waals surface area contributed by atoms with E-state index in [0.29, 0.717) is 19.3 Å². The van der Waals surface area contributed by atoms with Crippen molar-refractivity contribution in [3.8, 4) is 0 Å². The molecule has 0 aliphatic carbocycles. The number of likely N-dealkylation sites (tertiary alicyclic amines) is 1. The van der Waals surface area contributed by atoms with Gasteiger partial charge in [0.2, 0.25) is 0 Å². The van der Waals surface area contributed by atoms with Crippen molar-refractivity contribution in [1.29, 1.82) is 0 Å². The van der Waals surface area contributed by atoms with Crippen LogP contribution < -0.4 is 4.90 Å². The molecule has 0 bridgehead atoms. The van der Waals surface area contributed by atoms with E-state index in [4.69, 9.17) is 14.7 Å². The van der Waals surface area contributed by atoms with E-state index in [0.717, 1.165) is 51.2 Å². The summed E-state index contributed by atoms with van der Waals surface area (Å²) < 4.78 is 8.41. The second kappa shape index (κ2) is 10.6. The highest BCUT2D eigenvalue weighted by Crippen LogP contribution is 2.42. The Morgan fingerprint density at radius 2 is 1.74 bits per heavy atom. The van der Waals surface area contributed by atoms with Crippen LogP contribution in [0, 0.1) is 6.92 Å². The molecule has 2 aliphatic heterocycles. The summed E-state index contributed by atoms with van der Waals surface area (Å²) in [5.41, 5.74) is 5.85. The smallest absolute Gasteiger partial charge is 0.138 e. The molecule has 3 aromatic heterocycles. The fourth-order valence-electron chi connectivity index (χ4n) is 5.93. The number of pyridine rings is 2. The first-order valence-electron chi connectivity index (χ1n) is 13.3. The third kappa shape index (κ3) is 4.69. The molecular formula is C28H40N6O. The fourth-order valence-corrected chi connectivity index (χ4v) is 5.93. The SMILES string of the molecule is CCOCc1c(C2CCC[C@@H](c3ncccc3C)N2C)nc2cccc(N3CCN(CC)CC3)n12. The maximum absolute atomic E-state index is 6.04. The van der Waals surface area contributed by atoms with Gasteiger partial charge in [0, 0.05) is 39.0 Å². The first-order chi connectivity index (χ1) is 17.1. The first kappa shape index (κ1) is 24.2. The summed E-state index contributed by atoms with van der Waals surface area (Å²) in [5.74, 6) is 1.24. The Balaban J connectivity index is 1.54. The molecule has 2 atom stereocenters. The number of nitrogens with zero attached hydrogens (tertiary/aromatic N) is 6. The highest BCUT2D eigenvalue weighted by atomic mass is 16.5. The van der Waals surface area contributed by atoms with Crippen LogP contribution in [0.15, 0.2) is 36.5 Å². The number of hydrogen-bond donors (Lipinski definition) is 0. The molecule has 7 heteroatoms. The number of piperidine rings is 1. The van der Waals surface area contributed by atoms with Crippen LogP contribution in [-0.4, -0.2) is 70.5 Å². The van der Waals surface area contributed by atoms with Gasteiger partial charge in [-0.3, -0.25) is 14.3 Å². The maximum Gasteiger partial charge on any atom is 0.138 e. The van der Waals surface area contributed by atoms with E-state index in [1.807, 2.05) is 12.3 Å². The Morgan fingerprint density at radius 3 is 2.46 bits per heavy atom. The number of hydrogen-bond acceptors (Lipinski definition) is 6. The van der Waals surface area contributed by atoms with Gasteiger partial charge in [-0.15, -0.1) is 0 Å². The van der Waals surface area contributed by atoms with Crippen LogP contribution in [0.25, 0.3) is 5.65 Å². The predicted molar refractivity (Wildman–Crippen MR) is 141 cm³/mol. The summed E-state index contributed by atoms with van der Waals surface area (Å²) in [5, 5.41) is 0. The van der Waals surface area contributed by atoms with E-state index < -0.39 is 0 Å². The molecule has 3 aromatic rings. The highest BCUT2D eigenvalue weighted by molar-refractivity contribution is 5.55. The Labute approximate surface area is 209 Å². The second-order valence-electron chi connectivity index (χ2n) is 9.91. The van der Waals surface area contributed by atoms with Crippen molar-refractivity contribution in [2.75, 3.05) is 51.3 Å². The number of fused-ring (bicyclic) bond motifs is 1. The van der Waals surface area contributed by atoms with Gasteiger partial charge in [-0.25, -0.2) is 4.98 Å². The van der Waals surface area contributed by atoms with E-state index >= 15 is 0 Å². The van der Waals surface area contributed by atoms with Gasteiger partial charge in [-0.1, -0.05) is 19.1 Å². The average molecular weight is 477 g/mol. The molecule has 0 saturated carbocycles. The van der Waals surface area contributed by atoms with E-state index in [1.165, 1.54) is 34.9 Å². The summed E-state index contributed by atoms with van der Waals surface area (Å²) in [6, 6.07) is 11.3. The lowest BCUT2D eigenvalue weighted by Crippen LogP contribution is -2.46. The van der Waals surface area contributed by atoms with Crippen molar-refractivity contribution < 1.29 is 4.74 Å².